The Hall–Kier alpha value is -2.25. The van der Waals surface area contributed by atoms with Gasteiger partial charge in [0.15, 0.2) is 5.60 Å². The molecule has 0 spiro atoms. The van der Waals surface area contributed by atoms with Crippen molar-refractivity contribution in [3.8, 4) is 0 Å². The van der Waals surface area contributed by atoms with Gasteiger partial charge in [-0.05, 0) is 30.7 Å². The van der Waals surface area contributed by atoms with Gasteiger partial charge in [0.05, 0.1) is 13.2 Å². The topological polar surface area (TPSA) is 34.6 Å². The SMILES string of the molecule is CCOC/C=C\c1ccc(C(F)(F)C2(c3ccc(F)cc3F)CO2)nc1. The van der Waals surface area contributed by atoms with Crippen LogP contribution in [0, 0.1) is 11.6 Å². The second-order valence-electron chi connectivity index (χ2n) is 5.85. The van der Waals surface area contributed by atoms with Gasteiger partial charge in [0.2, 0.25) is 0 Å². The normalized spacial score (nSPS) is 19.9. The summed E-state index contributed by atoms with van der Waals surface area (Å²) in [4.78, 5) is 3.81. The lowest BCUT2D eigenvalue weighted by Gasteiger charge is -2.24. The average molecular weight is 367 g/mol. The maximum absolute atomic E-state index is 15.0. The van der Waals surface area contributed by atoms with Gasteiger partial charge in [0, 0.05) is 24.4 Å². The van der Waals surface area contributed by atoms with E-state index in [2.05, 4.69) is 4.98 Å². The minimum atomic E-state index is -3.57. The van der Waals surface area contributed by atoms with E-state index in [-0.39, 0.29) is 12.2 Å². The molecule has 1 atom stereocenters. The summed E-state index contributed by atoms with van der Waals surface area (Å²) in [5.74, 6) is -5.48. The fourth-order valence-corrected chi connectivity index (χ4v) is 2.66. The first kappa shape index (κ1) is 18.5. The molecule has 3 nitrogen and oxygen atoms in total. The van der Waals surface area contributed by atoms with Crippen LogP contribution >= 0.6 is 0 Å². The zero-order chi connectivity index (χ0) is 18.8. The summed E-state index contributed by atoms with van der Waals surface area (Å²) in [5, 5.41) is 0. The lowest BCUT2D eigenvalue weighted by molar-refractivity contribution is -0.0901. The van der Waals surface area contributed by atoms with Crippen LogP contribution in [0.1, 0.15) is 23.7 Å². The van der Waals surface area contributed by atoms with Crippen LogP contribution in [0.3, 0.4) is 0 Å². The molecule has 2 aromatic rings. The van der Waals surface area contributed by atoms with E-state index in [1.807, 2.05) is 6.92 Å². The maximum atomic E-state index is 15.0. The van der Waals surface area contributed by atoms with Crippen LogP contribution in [0.25, 0.3) is 6.08 Å². The monoisotopic (exact) mass is 367 g/mol. The van der Waals surface area contributed by atoms with Gasteiger partial charge in [-0.25, -0.2) is 8.78 Å². The average Bonchev–Trinajstić information content (AvgIpc) is 3.41. The predicted octanol–water partition coefficient (Wildman–Crippen LogP) is 4.43. The highest BCUT2D eigenvalue weighted by atomic mass is 19.3. The number of hydrogen-bond donors (Lipinski definition) is 0. The molecule has 3 rings (SSSR count). The molecule has 1 aliphatic heterocycles. The molecule has 138 valence electrons. The van der Waals surface area contributed by atoms with E-state index in [9.17, 15) is 17.6 Å². The number of halogens is 4. The van der Waals surface area contributed by atoms with E-state index in [0.717, 1.165) is 12.1 Å². The van der Waals surface area contributed by atoms with Crippen LogP contribution in [0.5, 0.6) is 0 Å². The fraction of sp³-hybridized carbons (Fsp3) is 0.316. The van der Waals surface area contributed by atoms with Crippen LogP contribution in [-0.2, 0) is 21.0 Å². The van der Waals surface area contributed by atoms with Crippen LogP contribution < -0.4 is 0 Å². The van der Waals surface area contributed by atoms with Crippen molar-refractivity contribution in [2.45, 2.75) is 18.4 Å². The van der Waals surface area contributed by atoms with E-state index in [1.54, 1.807) is 12.2 Å². The second kappa shape index (κ2) is 7.17. The van der Waals surface area contributed by atoms with Crippen molar-refractivity contribution in [1.82, 2.24) is 4.98 Å². The Morgan fingerprint density at radius 1 is 1.27 bits per heavy atom. The van der Waals surface area contributed by atoms with Crippen molar-refractivity contribution in [1.29, 1.82) is 0 Å². The molecule has 26 heavy (non-hydrogen) atoms. The van der Waals surface area contributed by atoms with Crippen molar-refractivity contribution >= 4 is 6.08 Å². The van der Waals surface area contributed by atoms with Crippen LogP contribution in [0.4, 0.5) is 17.6 Å². The Kier molecular flexibility index (Phi) is 5.11. The highest BCUT2D eigenvalue weighted by Gasteiger charge is 2.68. The number of aromatic nitrogens is 1. The molecule has 0 aliphatic carbocycles. The van der Waals surface area contributed by atoms with Crippen molar-refractivity contribution in [2.75, 3.05) is 19.8 Å². The second-order valence-corrected chi connectivity index (χ2v) is 5.85. The molecule has 2 heterocycles. The first-order valence-electron chi connectivity index (χ1n) is 8.09. The molecule has 0 N–H and O–H groups in total. The highest BCUT2D eigenvalue weighted by molar-refractivity contribution is 5.48. The number of alkyl halides is 2. The number of rotatable bonds is 7. The van der Waals surface area contributed by atoms with Gasteiger partial charge in [-0.15, -0.1) is 0 Å². The number of pyridine rings is 1. The predicted molar refractivity (Wildman–Crippen MR) is 87.6 cm³/mol. The van der Waals surface area contributed by atoms with Crippen LogP contribution in [0.2, 0.25) is 0 Å². The van der Waals surface area contributed by atoms with E-state index < -0.39 is 28.9 Å². The third-order valence-corrected chi connectivity index (χ3v) is 4.14. The molecule has 0 saturated carbocycles. The van der Waals surface area contributed by atoms with Gasteiger partial charge in [0.25, 0.3) is 0 Å². The molecule has 1 fully saturated rings. The van der Waals surface area contributed by atoms with Crippen molar-refractivity contribution in [3.05, 3.63) is 71.1 Å². The summed E-state index contributed by atoms with van der Waals surface area (Å²) >= 11 is 0. The third-order valence-electron chi connectivity index (χ3n) is 4.14. The summed E-state index contributed by atoms with van der Waals surface area (Å²) in [6.45, 7) is 2.48. The standard InChI is InChI=1S/C19H17F4NO2/c1-2-25-9-3-4-13-5-8-17(24-11-13)19(22,23)18(12-26-18)15-7-6-14(20)10-16(15)21/h3-8,10-11H,2,9,12H2,1H3/b4-3-. The number of benzene rings is 1. The number of ether oxygens (including phenoxy) is 2. The lowest BCUT2D eigenvalue weighted by atomic mass is 9.90. The van der Waals surface area contributed by atoms with Gasteiger partial charge < -0.3 is 9.47 Å². The molecule has 0 bridgehead atoms. The molecule has 1 aromatic carbocycles. The van der Waals surface area contributed by atoms with Crippen molar-refractivity contribution in [3.63, 3.8) is 0 Å². The summed E-state index contributed by atoms with van der Waals surface area (Å²) in [6.07, 6.45) is 4.74. The minimum absolute atomic E-state index is 0.375. The smallest absolute Gasteiger partial charge is 0.324 e. The fourth-order valence-electron chi connectivity index (χ4n) is 2.66. The first-order valence-corrected chi connectivity index (χ1v) is 8.09. The van der Waals surface area contributed by atoms with E-state index in [4.69, 9.17) is 9.47 Å². The molecule has 1 unspecified atom stereocenters. The Morgan fingerprint density at radius 3 is 2.62 bits per heavy atom. The van der Waals surface area contributed by atoms with Gasteiger partial charge in [0.1, 0.15) is 17.3 Å². The Bertz CT molecular complexity index is 802. The quantitative estimate of drug-likeness (QED) is 0.413. The highest BCUT2D eigenvalue weighted by Crippen LogP contribution is 2.56. The molecule has 1 aromatic heterocycles. The third kappa shape index (κ3) is 3.37. The van der Waals surface area contributed by atoms with E-state index >= 15 is 0 Å². The zero-order valence-electron chi connectivity index (χ0n) is 14.0. The summed E-state index contributed by atoms with van der Waals surface area (Å²) in [6, 6.07) is 5.13. The van der Waals surface area contributed by atoms with Crippen LogP contribution in [-0.4, -0.2) is 24.8 Å². The zero-order valence-corrected chi connectivity index (χ0v) is 14.0. The molecular weight excluding hydrogens is 350 g/mol. The molecule has 7 heteroatoms. The van der Waals surface area contributed by atoms with Crippen LogP contribution in [0.15, 0.2) is 42.6 Å². The van der Waals surface area contributed by atoms with Gasteiger partial charge in [-0.1, -0.05) is 18.2 Å². The number of hydrogen-bond acceptors (Lipinski definition) is 3. The van der Waals surface area contributed by atoms with E-state index in [0.29, 0.717) is 24.8 Å². The number of epoxide rings is 1. The number of nitrogens with zero attached hydrogens (tertiary/aromatic N) is 1. The Balaban J connectivity index is 1.84. The van der Waals surface area contributed by atoms with Gasteiger partial charge >= 0.3 is 5.92 Å². The summed E-state index contributed by atoms with van der Waals surface area (Å²) < 4.78 is 67.1. The molecule has 1 aliphatic rings. The maximum Gasteiger partial charge on any atom is 0.324 e. The Morgan fingerprint density at radius 2 is 2.04 bits per heavy atom. The van der Waals surface area contributed by atoms with Gasteiger partial charge in [-0.2, -0.15) is 8.78 Å². The minimum Gasteiger partial charge on any atom is -0.378 e. The van der Waals surface area contributed by atoms with E-state index in [1.165, 1.54) is 18.3 Å². The van der Waals surface area contributed by atoms with Crippen molar-refractivity contribution in [2.24, 2.45) is 0 Å². The Labute approximate surface area is 148 Å². The van der Waals surface area contributed by atoms with Crippen molar-refractivity contribution < 1.29 is 27.0 Å². The lowest BCUT2D eigenvalue weighted by Crippen LogP contribution is -2.34. The first-order chi connectivity index (χ1) is 12.4. The summed E-state index contributed by atoms with van der Waals surface area (Å²) in [5.41, 5.74) is -2.46. The largest absolute Gasteiger partial charge is 0.378 e. The van der Waals surface area contributed by atoms with Gasteiger partial charge in [-0.3, -0.25) is 4.98 Å². The molecule has 1 saturated heterocycles. The molecular formula is C19H17F4NO2. The molecule has 0 amide bonds. The summed E-state index contributed by atoms with van der Waals surface area (Å²) in [7, 11) is 0. The molecule has 0 radical (unpaired) electrons.